The molecule has 0 aliphatic carbocycles. The van der Waals surface area contributed by atoms with Gasteiger partial charge in [-0.15, -0.1) is 12.4 Å². The van der Waals surface area contributed by atoms with Gasteiger partial charge in [0.2, 0.25) is 5.91 Å². The first-order valence-electron chi connectivity index (χ1n) is 7.56. The Morgan fingerprint density at radius 1 is 1.30 bits per heavy atom. The lowest BCUT2D eigenvalue weighted by atomic mass is 10.1. The van der Waals surface area contributed by atoms with E-state index in [1.165, 1.54) is 12.1 Å². The molecule has 0 atom stereocenters. The van der Waals surface area contributed by atoms with Gasteiger partial charge in [-0.05, 0) is 24.1 Å². The van der Waals surface area contributed by atoms with Crippen molar-refractivity contribution < 1.29 is 14.0 Å². The van der Waals surface area contributed by atoms with E-state index in [2.05, 4.69) is 10.6 Å². The summed E-state index contributed by atoms with van der Waals surface area (Å²) in [5.74, 6) is -0.787. The van der Waals surface area contributed by atoms with Crippen LogP contribution in [0.3, 0.4) is 0 Å². The second-order valence-corrected chi connectivity index (χ2v) is 5.88. The van der Waals surface area contributed by atoms with Crippen molar-refractivity contribution in [2.75, 3.05) is 31.5 Å². The van der Waals surface area contributed by atoms with Crippen molar-refractivity contribution >= 4 is 29.9 Å². The molecule has 5 nitrogen and oxygen atoms in total. The maximum absolute atomic E-state index is 14.1. The summed E-state index contributed by atoms with van der Waals surface area (Å²) in [5.41, 5.74) is 0.420. The van der Waals surface area contributed by atoms with Crippen molar-refractivity contribution in [3.63, 3.8) is 0 Å². The van der Waals surface area contributed by atoms with Gasteiger partial charge in [-0.1, -0.05) is 13.8 Å². The standard InChI is InChI=1S/C16H22FN3O2.ClH/c1-11(2)9-15(21)19-14-4-3-12(10-13(14)17)16(22)20-7-5-18-6-8-20;/h3-4,10-11,18H,5-9H2,1-2H3,(H,19,21);1H. The van der Waals surface area contributed by atoms with E-state index < -0.39 is 5.82 Å². The van der Waals surface area contributed by atoms with Crippen LogP contribution in [-0.4, -0.2) is 42.9 Å². The predicted octanol–water partition coefficient (Wildman–Crippen LogP) is 2.28. The average Bonchev–Trinajstić information content (AvgIpc) is 2.48. The zero-order valence-corrected chi connectivity index (χ0v) is 14.2. The molecule has 2 amide bonds. The molecular weight excluding hydrogens is 321 g/mol. The Labute approximate surface area is 142 Å². The summed E-state index contributed by atoms with van der Waals surface area (Å²) in [5, 5.41) is 5.70. The molecule has 1 aromatic carbocycles. The zero-order chi connectivity index (χ0) is 16.1. The number of hydrogen-bond donors (Lipinski definition) is 2. The fraction of sp³-hybridized carbons (Fsp3) is 0.500. The second-order valence-electron chi connectivity index (χ2n) is 5.88. The summed E-state index contributed by atoms with van der Waals surface area (Å²) < 4.78 is 14.1. The van der Waals surface area contributed by atoms with Crippen LogP contribution < -0.4 is 10.6 Å². The van der Waals surface area contributed by atoms with E-state index in [0.29, 0.717) is 25.1 Å². The molecule has 1 aliphatic rings. The predicted molar refractivity (Wildman–Crippen MR) is 90.5 cm³/mol. The van der Waals surface area contributed by atoms with Crippen molar-refractivity contribution in [3.05, 3.63) is 29.6 Å². The minimum Gasteiger partial charge on any atom is -0.336 e. The number of nitrogens with one attached hydrogen (secondary N) is 2. The topological polar surface area (TPSA) is 61.4 Å². The highest BCUT2D eigenvalue weighted by molar-refractivity contribution is 5.96. The van der Waals surface area contributed by atoms with Crippen LogP contribution in [0.15, 0.2) is 18.2 Å². The lowest BCUT2D eigenvalue weighted by molar-refractivity contribution is -0.116. The van der Waals surface area contributed by atoms with Crippen LogP contribution in [-0.2, 0) is 4.79 Å². The van der Waals surface area contributed by atoms with Gasteiger partial charge in [-0.25, -0.2) is 4.39 Å². The highest BCUT2D eigenvalue weighted by Crippen LogP contribution is 2.18. The van der Waals surface area contributed by atoms with Crippen molar-refractivity contribution in [2.24, 2.45) is 5.92 Å². The van der Waals surface area contributed by atoms with Gasteiger partial charge in [0.05, 0.1) is 5.69 Å². The summed E-state index contributed by atoms with van der Waals surface area (Å²) in [6.45, 7) is 6.58. The number of halogens is 2. The Balaban J connectivity index is 0.00000264. The molecule has 1 fully saturated rings. The summed E-state index contributed by atoms with van der Waals surface area (Å²) in [6, 6.07) is 4.19. The zero-order valence-electron chi connectivity index (χ0n) is 13.4. The summed E-state index contributed by atoms with van der Waals surface area (Å²) in [4.78, 5) is 25.7. The molecule has 1 saturated heterocycles. The molecule has 0 bridgehead atoms. The van der Waals surface area contributed by atoms with Gasteiger partial charge >= 0.3 is 0 Å². The molecule has 1 aliphatic heterocycles. The number of amides is 2. The van der Waals surface area contributed by atoms with Gasteiger partial charge in [0.25, 0.3) is 5.91 Å². The van der Waals surface area contributed by atoms with Crippen LogP contribution in [0, 0.1) is 11.7 Å². The third-order valence-electron chi connectivity index (χ3n) is 3.49. The molecule has 2 rings (SSSR count). The third-order valence-corrected chi connectivity index (χ3v) is 3.49. The normalized spacial score (nSPS) is 14.3. The maximum atomic E-state index is 14.1. The van der Waals surface area contributed by atoms with E-state index in [4.69, 9.17) is 0 Å². The number of hydrogen-bond acceptors (Lipinski definition) is 3. The Hall–Kier alpha value is -1.66. The number of carbonyl (C=O) groups excluding carboxylic acids is 2. The second kappa shape index (κ2) is 8.84. The summed E-state index contributed by atoms with van der Waals surface area (Å²) >= 11 is 0. The maximum Gasteiger partial charge on any atom is 0.254 e. The number of carbonyl (C=O) groups is 2. The van der Waals surface area contributed by atoms with Crippen LogP contribution in [0.25, 0.3) is 0 Å². The van der Waals surface area contributed by atoms with E-state index in [-0.39, 0.29) is 35.8 Å². The number of anilines is 1. The third kappa shape index (κ3) is 5.48. The van der Waals surface area contributed by atoms with Gasteiger partial charge in [-0.2, -0.15) is 0 Å². The number of rotatable bonds is 4. The molecule has 1 aromatic rings. The fourth-order valence-electron chi connectivity index (χ4n) is 2.37. The number of benzene rings is 1. The summed E-state index contributed by atoms with van der Waals surface area (Å²) in [7, 11) is 0. The molecule has 0 unspecified atom stereocenters. The SMILES string of the molecule is CC(C)CC(=O)Nc1ccc(C(=O)N2CCNCC2)cc1F.Cl. The molecule has 23 heavy (non-hydrogen) atoms. The molecule has 128 valence electrons. The summed E-state index contributed by atoms with van der Waals surface area (Å²) in [6.07, 6.45) is 0.334. The molecule has 7 heteroatoms. The van der Waals surface area contributed by atoms with Crippen molar-refractivity contribution in [1.29, 1.82) is 0 Å². The van der Waals surface area contributed by atoms with Crippen LogP contribution in [0.2, 0.25) is 0 Å². The smallest absolute Gasteiger partial charge is 0.254 e. The molecule has 1 heterocycles. The molecule has 0 aromatic heterocycles. The Kier molecular flexibility index (Phi) is 7.45. The first-order valence-corrected chi connectivity index (χ1v) is 7.56. The fourth-order valence-corrected chi connectivity index (χ4v) is 2.37. The Morgan fingerprint density at radius 2 is 1.96 bits per heavy atom. The van der Waals surface area contributed by atoms with Gasteiger partial charge < -0.3 is 15.5 Å². The number of piperazine rings is 1. The monoisotopic (exact) mass is 343 g/mol. The van der Waals surface area contributed by atoms with Gasteiger partial charge in [0.1, 0.15) is 5.82 Å². The van der Waals surface area contributed by atoms with Crippen molar-refractivity contribution in [1.82, 2.24) is 10.2 Å². The van der Waals surface area contributed by atoms with Crippen LogP contribution in [0.4, 0.5) is 10.1 Å². The van der Waals surface area contributed by atoms with E-state index in [1.807, 2.05) is 13.8 Å². The van der Waals surface area contributed by atoms with Crippen molar-refractivity contribution in [3.8, 4) is 0 Å². The Bertz CT molecular complexity index is 560. The van der Waals surface area contributed by atoms with Gasteiger partial charge in [0.15, 0.2) is 0 Å². The van der Waals surface area contributed by atoms with Crippen LogP contribution in [0.5, 0.6) is 0 Å². The van der Waals surface area contributed by atoms with Gasteiger partial charge in [-0.3, -0.25) is 9.59 Å². The Morgan fingerprint density at radius 3 is 2.52 bits per heavy atom. The van der Waals surface area contributed by atoms with E-state index >= 15 is 0 Å². The van der Waals surface area contributed by atoms with E-state index in [0.717, 1.165) is 13.1 Å². The molecular formula is C16H23ClFN3O2. The van der Waals surface area contributed by atoms with Gasteiger partial charge in [0, 0.05) is 38.2 Å². The van der Waals surface area contributed by atoms with Crippen LogP contribution in [0.1, 0.15) is 30.6 Å². The minimum absolute atomic E-state index is 0. The lowest BCUT2D eigenvalue weighted by Gasteiger charge is -2.27. The first-order chi connectivity index (χ1) is 10.5. The van der Waals surface area contributed by atoms with Crippen LogP contribution >= 0.6 is 12.4 Å². The largest absolute Gasteiger partial charge is 0.336 e. The molecule has 0 spiro atoms. The average molecular weight is 344 g/mol. The highest BCUT2D eigenvalue weighted by atomic mass is 35.5. The molecule has 0 radical (unpaired) electrons. The van der Waals surface area contributed by atoms with E-state index in [1.54, 1.807) is 11.0 Å². The minimum atomic E-state index is -0.585. The highest BCUT2D eigenvalue weighted by Gasteiger charge is 2.19. The lowest BCUT2D eigenvalue weighted by Crippen LogP contribution is -2.46. The van der Waals surface area contributed by atoms with Crippen molar-refractivity contribution in [2.45, 2.75) is 20.3 Å². The number of nitrogens with zero attached hydrogens (tertiary/aromatic N) is 1. The quantitative estimate of drug-likeness (QED) is 0.881. The molecule has 2 N–H and O–H groups in total. The van der Waals surface area contributed by atoms with E-state index in [9.17, 15) is 14.0 Å². The first kappa shape index (κ1) is 19.4. The molecule has 0 saturated carbocycles.